The smallest absolute Gasteiger partial charge is 0.222 e. The Kier molecular flexibility index (Phi) is 4.67. The number of aryl methyl sites for hydroxylation is 1. The molecule has 1 aromatic carbocycles. The van der Waals surface area contributed by atoms with E-state index in [0.29, 0.717) is 19.5 Å². The van der Waals surface area contributed by atoms with E-state index in [1.54, 1.807) is 4.90 Å². The van der Waals surface area contributed by atoms with Crippen molar-refractivity contribution in [2.45, 2.75) is 50.5 Å². The van der Waals surface area contributed by atoms with Gasteiger partial charge in [-0.1, -0.05) is 25.0 Å². The molecule has 1 saturated carbocycles. The average molecular weight is 323 g/mol. The summed E-state index contributed by atoms with van der Waals surface area (Å²) in [6.45, 7) is 1.14. The van der Waals surface area contributed by atoms with E-state index in [-0.39, 0.29) is 30.2 Å². The molecule has 3 rings (SSSR count). The summed E-state index contributed by atoms with van der Waals surface area (Å²) in [5, 5.41) is 10.6. The monoisotopic (exact) mass is 323 g/mol. The summed E-state index contributed by atoms with van der Waals surface area (Å²) in [7, 11) is 0. The van der Waals surface area contributed by atoms with Gasteiger partial charge in [-0.15, -0.1) is 0 Å². The van der Waals surface area contributed by atoms with Crippen LogP contribution in [0.5, 0.6) is 0 Å². The van der Waals surface area contributed by atoms with Crippen LogP contribution in [0.4, 0.5) is 8.78 Å². The molecule has 1 saturated heterocycles. The van der Waals surface area contributed by atoms with E-state index in [0.717, 1.165) is 31.7 Å². The van der Waals surface area contributed by atoms with Gasteiger partial charge in [0.25, 0.3) is 0 Å². The topological polar surface area (TPSA) is 40.5 Å². The van der Waals surface area contributed by atoms with Crippen molar-refractivity contribution in [2.75, 3.05) is 13.1 Å². The summed E-state index contributed by atoms with van der Waals surface area (Å²) >= 11 is 0. The number of nitrogens with zero attached hydrogens (tertiary/aromatic N) is 1. The molecule has 5 heteroatoms. The van der Waals surface area contributed by atoms with Gasteiger partial charge in [0, 0.05) is 25.4 Å². The maximum Gasteiger partial charge on any atom is 0.222 e. The minimum atomic E-state index is -0.875. The molecule has 23 heavy (non-hydrogen) atoms. The molecule has 1 amide bonds. The molecular weight excluding hydrogens is 300 g/mol. The number of halogens is 2. The van der Waals surface area contributed by atoms with Crippen LogP contribution in [0.3, 0.4) is 0 Å². The van der Waals surface area contributed by atoms with Crippen molar-refractivity contribution < 1.29 is 18.7 Å². The third-order valence-corrected chi connectivity index (χ3v) is 5.42. The molecule has 1 heterocycles. The van der Waals surface area contributed by atoms with E-state index >= 15 is 0 Å². The van der Waals surface area contributed by atoms with Gasteiger partial charge in [-0.25, -0.2) is 8.78 Å². The highest BCUT2D eigenvalue weighted by atomic mass is 19.2. The largest absolute Gasteiger partial charge is 0.389 e. The molecular formula is C18H23F2NO2. The molecule has 1 aliphatic heterocycles. The van der Waals surface area contributed by atoms with Crippen LogP contribution in [0.1, 0.15) is 44.1 Å². The molecule has 0 aromatic heterocycles. The van der Waals surface area contributed by atoms with Crippen LogP contribution in [0.2, 0.25) is 0 Å². The van der Waals surface area contributed by atoms with Crippen LogP contribution in [0.15, 0.2) is 18.2 Å². The van der Waals surface area contributed by atoms with E-state index < -0.39 is 17.2 Å². The second kappa shape index (κ2) is 6.56. The maximum absolute atomic E-state index is 13.6. The summed E-state index contributed by atoms with van der Waals surface area (Å²) in [4.78, 5) is 14.2. The van der Waals surface area contributed by atoms with Crippen LogP contribution in [-0.2, 0) is 11.2 Å². The summed E-state index contributed by atoms with van der Waals surface area (Å²) in [5.74, 6) is -1.62. The minimum Gasteiger partial charge on any atom is -0.389 e. The number of likely N-dealkylation sites (tertiary alicyclic amines) is 1. The third kappa shape index (κ3) is 3.39. The summed E-state index contributed by atoms with van der Waals surface area (Å²) in [5.41, 5.74) is -0.367. The Balaban J connectivity index is 1.58. The highest BCUT2D eigenvalue weighted by Gasteiger charge is 2.43. The predicted molar refractivity (Wildman–Crippen MR) is 82.8 cm³/mol. The lowest BCUT2D eigenvalue weighted by atomic mass is 9.71. The Morgan fingerprint density at radius 1 is 1.30 bits per heavy atom. The van der Waals surface area contributed by atoms with Gasteiger partial charge < -0.3 is 10.0 Å². The summed E-state index contributed by atoms with van der Waals surface area (Å²) < 4.78 is 26.8. The first-order valence-corrected chi connectivity index (χ1v) is 8.43. The number of carbonyl (C=O) groups excluding carboxylic acids is 1. The fourth-order valence-electron chi connectivity index (χ4n) is 3.94. The number of carbonyl (C=O) groups is 1. The minimum absolute atomic E-state index is 0.0405. The van der Waals surface area contributed by atoms with Crippen LogP contribution >= 0.6 is 0 Å². The highest BCUT2D eigenvalue weighted by molar-refractivity contribution is 5.76. The SMILES string of the molecule is O=C(CCc1cccc(F)c1F)N1CC[C@@]2(O)CCCC[C@@H]2C1. The molecule has 0 unspecified atom stereocenters. The van der Waals surface area contributed by atoms with Gasteiger partial charge in [-0.3, -0.25) is 4.79 Å². The molecule has 2 atom stereocenters. The van der Waals surface area contributed by atoms with E-state index in [9.17, 15) is 18.7 Å². The molecule has 0 radical (unpaired) electrons. The second-order valence-corrected chi connectivity index (χ2v) is 6.85. The van der Waals surface area contributed by atoms with Crippen LogP contribution < -0.4 is 0 Å². The molecule has 3 nitrogen and oxygen atoms in total. The number of hydrogen-bond donors (Lipinski definition) is 1. The van der Waals surface area contributed by atoms with Crippen LogP contribution in [0.25, 0.3) is 0 Å². The number of piperidine rings is 1. The summed E-state index contributed by atoms with van der Waals surface area (Å²) in [6.07, 6.45) is 4.94. The van der Waals surface area contributed by atoms with Crippen molar-refractivity contribution in [3.63, 3.8) is 0 Å². The van der Waals surface area contributed by atoms with E-state index in [1.165, 1.54) is 12.1 Å². The molecule has 126 valence electrons. The fourth-order valence-corrected chi connectivity index (χ4v) is 3.94. The zero-order valence-corrected chi connectivity index (χ0v) is 13.2. The number of amides is 1. The van der Waals surface area contributed by atoms with E-state index in [2.05, 4.69) is 0 Å². The first-order chi connectivity index (χ1) is 11.0. The van der Waals surface area contributed by atoms with Gasteiger partial charge in [0.2, 0.25) is 5.91 Å². The fraction of sp³-hybridized carbons (Fsp3) is 0.611. The zero-order valence-electron chi connectivity index (χ0n) is 13.2. The van der Waals surface area contributed by atoms with Crippen molar-refractivity contribution >= 4 is 5.91 Å². The average Bonchev–Trinajstić information content (AvgIpc) is 2.55. The molecule has 1 aromatic rings. The van der Waals surface area contributed by atoms with Crippen molar-refractivity contribution in [1.29, 1.82) is 0 Å². The number of rotatable bonds is 3. The molecule has 2 fully saturated rings. The van der Waals surface area contributed by atoms with Crippen molar-refractivity contribution in [1.82, 2.24) is 4.90 Å². The normalized spacial score (nSPS) is 27.6. The van der Waals surface area contributed by atoms with Gasteiger partial charge >= 0.3 is 0 Å². The first-order valence-electron chi connectivity index (χ1n) is 8.43. The molecule has 1 N–H and O–H groups in total. The highest BCUT2D eigenvalue weighted by Crippen LogP contribution is 2.39. The third-order valence-electron chi connectivity index (χ3n) is 5.42. The Hall–Kier alpha value is -1.49. The molecule has 1 aliphatic carbocycles. The van der Waals surface area contributed by atoms with Gasteiger partial charge in [-0.05, 0) is 37.3 Å². The molecule has 0 spiro atoms. The predicted octanol–water partition coefficient (Wildman–Crippen LogP) is 3.05. The van der Waals surface area contributed by atoms with Gasteiger partial charge in [0.05, 0.1) is 5.60 Å². The van der Waals surface area contributed by atoms with Crippen molar-refractivity contribution in [3.8, 4) is 0 Å². The lowest BCUT2D eigenvalue weighted by Gasteiger charge is -2.47. The number of fused-ring (bicyclic) bond motifs is 1. The number of hydrogen-bond acceptors (Lipinski definition) is 2. The number of aliphatic hydroxyl groups is 1. The number of benzene rings is 1. The Morgan fingerprint density at radius 3 is 2.96 bits per heavy atom. The molecule has 2 aliphatic rings. The van der Waals surface area contributed by atoms with E-state index in [1.807, 2.05) is 0 Å². The Bertz CT molecular complexity index is 592. The van der Waals surface area contributed by atoms with Gasteiger partial charge in [-0.2, -0.15) is 0 Å². The Morgan fingerprint density at radius 2 is 2.13 bits per heavy atom. The van der Waals surface area contributed by atoms with Crippen molar-refractivity contribution in [3.05, 3.63) is 35.4 Å². The Labute approximate surface area is 135 Å². The molecule has 0 bridgehead atoms. The van der Waals surface area contributed by atoms with Crippen molar-refractivity contribution in [2.24, 2.45) is 5.92 Å². The standard InChI is InChI=1S/C18H23F2NO2/c19-15-6-3-4-13(17(15)20)7-8-16(22)21-11-10-18(23)9-2-1-5-14(18)12-21/h3-4,6,14,23H,1-2,5,7-12H2/t14-,18+/m1/s1. The van der Waals surface area contributed by atoms with Gasteiger partial charge in [0.1, 0.15) is 0 Å². The van der Waals surface area contributed by atoms with E-state index in [4.69, 9.17) is 0 Å². The lowest BCUT2D eigenvalue weighted by Crippen LogP contribution is -2.54. The second-order valence-electron chi connectivity index (χ2n) is 6.85. The zero-order chi connectivity index (χ0) is 16.4. The quantitative estimate of drug-likeness (QED) is 0.929. The maximum atomic E-state index is 13.6. The van der Waals surface area contributed by atoms with Crippen LogP contribution in [-0.4, -0.2) is 34.6 Å². The lowest BCUT2D eigenvalue weighted by molar-refractivity contribution is -0.143. The first kappa shape index (κ1) is 16.4. The van der Waals surface area contributed by atoms with Crippen LogP contribution in [0, 0.1) is 17.6 Å². The van der Waals surface area contributed by atoms with Gasteiger partial charge in [0.15, 0.2) is 11.6 Å². The summed E-state index contributed by atoms with van der Waals surface area (Å²) in [6, 6.07) is 4.05.